The molecule has 0 saturated carbocycles. The van der Waals surface area contributed by atoms with E-state index in [-0.39, 0.29) is 16.9 Å². The quantitative estimate of drug-likeness (QED) is 0.515. The number of hydrogen-bond donors (Lipinski definition) is 3. The molecular formula is C11H14N2O3S. The second kappa shape index (κ2) is 3.83. The molecule has 1 aliphatic rings. The molecule has 1 aliphatic carbocycles. The van der Waals surface area contributed by atoms with Crippen LogP contribution in [-0.4, -0.2) is 13.0 Å². The Hall–Kier alpha value is -1.37. The topological polar surface area (TPSA) is 106 Å². The predicted octanol–water partition coefficient (Wildman–Crippen LogP) is 1.18. The van der Waals surface area contributed by atoms with Gasteiger partial charge in [-0.1, -0.05) is 19.1 Å². The van der Waals surface area contributed by atoms with Crippen LogP contribution in [0.3, 0.4) is 0 Å². The van der Waals surface area contributed by atoms with Gasteiger partial charge in [0.25, 0.3) is 10.1 Å². The van der Waals surface area contributed by atoms with Gasteiger partial charge < -0.3 is 11.5 Å². The van der Waals surface area contributed by atoms with Crippen molar-refractivity contribution < 1.29 is 13.0 Å². The van der Waals surface area contributed by atoms with Crippen molar-refractivity contribution in [3.8, 4) is 0 Å². The van der Waals surface area contributed by atoms with Crippen LogP contribution in [0.5, 0.6) is 0 Å². The lowest BCUT2D eigenvalue weighted by Gasteiger charge is -2.25. The van der Waals surface area contributed by atoms with E-state index in [0.717, 1.165) is 5.56 Å². The summed E-state index contributed by atoms with van der Waals surface area (Å²) < 4.78 is 31.1. The Bertz CT molecular complexity index is 593. The number of hydrogen-bond acceptors (Lipinski definition) is 4. The van der Waals surface area contributed by atoms with Crippen LogP contribution in [0.2, 0.25) is 0 Å². The average Bonchev–Trinajstić information content (AvgIpc) is 2.21. The minimum Gasteiger partial charge on any atom is -0.398 e. The number of anilines is 1. The molecule has 0 bridgehead atoms. The standard InChI is InChI=1S/C11H14N2O3S/c1-6-2-3-7-4-8(17(14,15)16)5-9(12)10(7)11(6)13/h2-6,11H,12-13H2,1H3,(H,14,15,16). The van der Waals surface area contributed by atoms with E-state index in [2.05, 4.69) is 0 Å². The molecule has 2 unspecified atom stereocenters. The second-order valence-electron chi connectivity index (χ2n) is 4.23. The molecule has 1 aromatic carbocycles. The summed E-state index contributed by atoms with van der Waals surface area (Å²) in [4.78, 5) is -0.208. The molecule has 0 heterocycles. The highest BCUT2D eigenvalue weighted by molar-refractivity contribution is 7.85. The van der Waals surface area contributed by atoms with Gasteiger partial charge in [-0.25, -0.2) is 0 Å². The van der Waals surface area contributed by atoms with Gasteiger partial charge in [-0.15, -0.1) is 0 Å². The van der Waals surface area contributed by atoms with Gasteiger partial charge in [0.1, 0.15) is 0 Å². The Morgan fingerprint density at radius 2 is 2.00 bits per heavy atom. The SMILES string of the molecule is CC1C=Cc2cc(S(=O)(=O)O)cc(N)c2C1N. The molecule has 0 spiro atoms. The molecule has 0 saturated heterocycles. The van der Waals surface area contributed by atoms with Crippen molar-refractivity contribution >= 4 is 21.9 Å². The molecule has 0 fully saturated rings. The third kappa shape index (κ3) is 2.06. The van der Waals surface area contributed by atoms with Crippen LogP contribution in [0.15, 0.2) is 23.1 Å². The van der Waals surface area contributed by atoms with Crippen LogP contribution in [0.4, 0.5) is 5.69 Å². The lowest BCUT2D eigenvalue weighted by atomic mass is 9.85. The molecule has 1 aromatic rings. The van der Waals surface area contributed by atoms with Crippen molar-refractivity contribution in [2.45, 2.75) is 17.9 Å². The Labute approximate surface area is 99.9 Å². The Morgan fingerprint density at radius 3 is 2.59 bits per heavy atom. The molecular weight excluding hydrogens is 240 g/mol. The van der Waals surface area contributed by atoms with Gasteiger partial charge in [0, 0.05) is 11.7 Å². The lowest BCUT2D eigenvalue weighted by Crippen LogP contribution is -2.23. The smallest absolute Gasteiger partial charge is 0.294 e. The van der Waals surface area contributed by atoms with Gasteiger partial charge in [-0.3, -0.25) is 4.55 Å². The van der Waals surface area contributed by atoms with Crippen molar-refractivity contribution in [1.29, 1.82) is 0 Å². The van der Waals surface area contributed by atoms with E-state index in [0.29, 0.717) is 11.3 Å². The van der Waals surface area contributed by atoms with E-state index in [1.807, 2.05) is 13.0 Å². The number of rotatable bonds is 1. The van der Waals surface area contributed by atoms with Crippen molar-refractivity contribution in [3.63, 3.8) is 0 Å². The minimum absolute atomic E-state index is 0.140. The summed E-state index contributed by atoms with van der Waals surface area (Å²) in [5.74, 6) is 0.140. The Kier molecular flexibility index (Phi) is 2.73. The maximum atomic E-state index is 11.1. The van der Waals surface area contributed by atoms with Gasteiger partial charge >= 0.3 is 0 Å². The molecule has 17 heavy (non-hydrogen) atoms. The normalized spacial score (nSPS) is 23.5. The number of fused-ring (bicyclic) bond motifs is 1. The summed E-state index contributed by atoms with van der Waals surface area (Å²) >= 11 is 0. The monoisotopic (exact) mass is 254 g/mol. The van der Waals surface area contributed by atoms with E-state index < -0.39 is 10.1 Å². The number of benzene rings is 1. The number of nitrogen functional groups attached to an aromatic ring is 1. The fraction of sp³-hybridized carbons (Fsp3) is 0.273. The zero-order chi connectivity index (χ0) is 12.8. The summed E-state index contributed by atoms with van der Waals surface area (Å²) in [6.07, 6.45) is 3.66. The third-order valence-corrected chi connectivity index (χ3v) is 3.83. The first-order chi connectivity index (χ1) is 7.80. The maximum Gasteiger partial charge on any atom is 0.294 e. The zero-order valence-electron chi connectivity index (χ0n) is 9.29. The molecule has 2 atom stereocenters. The lowest BCUT2D eigenvalue weighted by molar-refractivity contribution is 0.483. The predicted molar refractivity (Wildman–Crippen MR) is 65.8 cm³/mol. The zero-order valence-corrected chi connectivity index (χ0v) is 10.1. The van der Waals surface area contributed by atoms with Crippen LogP contribution in [0.1, 0.15) is 24.1 Å². The highest BCUT2D eigenvalue weighted by Crippen LogP contribution is 2.35. The van der Waals surface area contributed by atoms with Crippen LogP contribution >= 0.6 is 0 Å². The van der Waals surface area contributed by atoms with Crippen molar-refractivity contribution in [3.05, 3.63) is 29.3 Å². The average molecular weight is 254 g/mol. The van der Waals surface area contributed by atoms with Crippen LogP contribution in [0.25, 0.3) is 6.08 Å². The molecule has 0 radical (unpaired) electrons. The van der Waals surface area contributed by atoms with Crippen molar-refractivity contribution in [1.82, 2.24) is 0 Å². The molecule has 0 aliphatic heterocycles. The molecule has 5 N–H and O–H groups in total. The van der Waals surface area contributed by atoms with Crippen molar-refractivity contribution in [2.24, 2.45) is 11.7 Å². The fourth-order valence-electron chi connectivity index (χ4n) is 1.98. The molecule has 0 amide bonds. The molecule has 5 nitrogen and oxygen atoms in total. The Balaban J connectivity index is 2.68. The first kappa shape index (κ1) is 12.1. The maximum absolute atomic E-state index is 11.1. The largest absolute Gasteiger partial charge is 0.398 e. The summed E-state index contributed by atoms with van der Waals surface area (Å²) in [5.41, 5.74) is 13.5. The highest BCUT2D eigenvalue weighted by Gasteiger charge is 2.24. The van der Waals surface area contributed by atoms with E-state index in [1.54, 1.807) is 6.08 Å². The van der Waals surface area contributed by atoms with Crippen LogP contribution < -0.4 is 11.5 Å². The third-order valence-electron chi connectivity index (χ3n) is 2.99. The van der Waals surface area contributed by atoms with Gasteiger partial charge in [0.05, 0.1) is 4.90 Å². The van der Waals surface area contributed by atoms with E-state index in [1.165, 1.54) is 12.1 Å². The molecule has 92 valence electrons. The number of nitrogens with two attached hydrogens (primary N) is 2. The van der Waals surface area contributed by atoms with Gasteiger partial charge in [0.2, 0.25) is 0 Å². The van der Waals surface area contributed by atoms with Gasteiger partial charge in [-0.05, 0) is 29.2 Å². The fourth-order valence-corrected chi connectivity index (χ4v) is 2.53. The van der Waals surface area contributed by atoms with E-state index >= 15 is 0 Å². The summed E-state index contributed by atoms with van der Waals surface area (Å²) in [7, 11) is -4.24. The summed E-state index contributed by atoms with van der Waals surface area (Å²) in [6, 6.07) is 2.36. The first-order valence-electron chi connectivity index (χ1n) is 5.15. The molecule has 0 aromatic heterocycles. The van der Waals surface area contributed by atoms with Crippen LogP contribution in [-0.2, 0) is 10.1 Å². The highest BCUT2D eigenvalue weighted by atomic mass is 32.2. The summed E-state index contributed by atoms with van der Waals surface area (Å²) in [6.45, 7) is 1.96. The summed E-state index contributed by atoms with van der Waals surface area (Å²) in [5, 5.41) is 0. The second-order valence-corrected chi connectivity index (χ2v) is 5.66. The van der Waals surface area contributed by atoms with E-state index in [9.17, 15) is 8.42 Å². The minimum atomic E-state index is -4.24. The van der Waals surface area contributed by atoms with E-state index in [4.69, 9.17) is 16.0 Å². The Morgan fingerprint density at radius 1 is 1.35 bits per heavy atom. The van der Waals surface area contributed by atoms with Gasteiger partial charge in [-0.2, -0.15) is 8.42 Å². The molecule has 6 heteroatoms. The van der Waals surface area contributed by atoms with Crippen molar-refractivity contribution in [2.75, 3.05) is 5.73 Å². The molecule has 2 rings (SSSR count). The first-order valence-corrected chi connectivity index (χ1v) is 6.59. The van der Waals surface area contributed by atoms with Crippen LogP contribution in [0, 0.1) is 5.92 Å². The van der Waals surface area contributed by atoms with Gasteiger partial charge in [0.15, 0.2) is 0 Å².